The number of nitrogens with zero attached hydrogens (tertiary/aromatic N) is 3. The highest BCUT2D eigenvalue weighted by molar-refractivity contribution is 5.85. The molecule has 1 aromatic carbocycles. The SMILES string of the molecule is CC(Nc1ncnc2[nH]ncc12)c1ccc2c(c1)OCO2. The van der Waals surface area contributed by atoms with Gasteiger partial charge in [-0.2, -0.15) is 5.10 Å². The van der Waals surface area contributed by atoms with Crippen LogP contribution in [0, 0.1) is 0 Å². The molecule has 1 aliphatic heterocycles. The maximum atomic E-state index is 5.41. The smallest absolute Gasteiger partial charge is 0.231 e. The van der Waals surface area contributed by atoms with E-state index in [4.69, 9.17) is 9.47 Å². The van der Waals surface area contributed by atoms with Gasteiger partial charge in [-0.05, 0) is 24.6 Å². The second kappa shape index (κ2) is 4.62. The van der Waals surface area contributed by atoms with E-state index in [0.29, 0.717) is 5.65 Å². The molecule has 0 saturated heterocycles. The molecular weight excluding hydrogens is 270 g/mol. The standard InChI is InChI=1S/C14H13N5O2/c1-8(9-2-3-11-12(4-9)21-7-20-11)18-13-10-5-17-19-14(10)16-6-15-13/h2-6,8H,7H2,1H3,(H2,15,16,17,18,19). The highest BCUT2D eigenvalue weighted by Gasteiger charge is 2.16. The molecule has 1 unspecified atom stereocenters. The molecule has 0 radical (unpaired) electrons. The van der Waals surface area contributed by atoms with E-state index in [-0.39, 0.29) is 12.8 Å². The number of hydrogen-bond acceptors (Lipinski definition) is 6. The zero-order valence-electron chi connectivity index (χ0n) is 11.3. The lowest BCUT2D eigenvalue weighted by Gasteiger charge is -2.15. The maximum Gasteiger partial charge on any atom is 0.231 e. The van der Waals surface area contributed by atoms with Gasteiger partial charge in [0.15, 0.2) is 17.1 Å². The molecular formula is C14H13N5O2. The average molecular weight is 283 g/mol. The van der Waals surface area contributed by atoms with Crippen molar-refractivity contribution in [2.24, 2.45) is 0 Å². The first-order valence-electron chi connectivity index (χ1n) is 6.61. The summed E-state index contributed by atoms with van der Waals surface area (Å²) in [6.45, 7) is 2.34. The number of aromatic amines is 1. The Morgan fingerprint density at radius 1 is 1.24 bits per heavy atom. The first-order chi connectivity index (χ1) is 10.3. The van der Waals surface area contributed by atoms with E-state index in [9.17, 15) is 0 Å². The first-order valence-corrected chi connectivity index (χ1v) is 6.61. The van der Waals surface area contributed by atoms with Gasteiger partial charge in [0.25, 0.3) is 0 Å². The van der Waals surface area contributed by atoms with Crippen LogP contribution in [0.5, 0.6) is 11.5 Å². The van der Waals surface area contributed by atoms with Crippen LogP contribution in [0.25, 0.3) is 11.0 Å². The minimum absolute atomic E-state index is 0.0625. The van der Waals surface area contributed by atoms with E-state index in [1.54, 1.807) is 6.20 Å². The number of ether oxygens (including phenoxy) is 2. The summed E-state index contributed by atoms with van der Waals surface area (Å²) in [5.74, 6) is 2.31. The molecule has 0 bridgehead atoms. The van der Waals surface area contributed by atoms with Crippen LogP contribution in [-0.2, 0) is 0 Å². The van der Waals surface area contributed by atoms with Crippen LogP contribution in [0.1, 0.15) is 18.5 Å². The molecule has 2 aromatic heterocycles. The fourth-order valence-electron chi connectivity index (χ4n) is 2.35. The third kappa shape index (κ3) is 2.03. The van der Waals surface area contributed by atoms with Crippen LogP contribution in [0.4, 0.5) is 5.82 Å². The average Bonchev–Trinajstić information content (AvgIpc) is 3.15. The monoisotopic (exact) mass is 283 g/mol. The molecule has 1 aliphatic rings. The lowest BCUT2D eigenvalue weighted by molar-refractivity contribution is 0.174. The largest absolute Gasteiger partial charge is 0.454 e. The van der Waals surface area contributed by atoms with E-state index >= 15 is 0 Å². The van der Waals surface area contributed by atoms with Crippen molar-refractivity contribution >= 4 is 16.9 Å². The fourth-order valence-corrected chi connectivity index (χ4v) is 2.35. The summed E-state index contributed by atoms with van der Waals surface area (Å²) in [7, 11) is 0. The van der Waals surface area contributed by atoms with Gasteiger partial charge in [-0.1, -0.05) is 6.07 Å². The van der Waals surface area contributed by atoms with E-state index in [1.807, 2.05) is 18.2 Å². The van der Waals surface area contributed by atoms with Gasteiger partial charge >= 0.3 is 0 Å². The first kappa shape index (κ1) is 12.0. The van der Waals surface area contributed by atoms with Crippen LogP contribution in [0.2, 0.25) is 0 Å². The highest BCUT2D eigenvalue weighted by Crippen LogP contribution is 2.35. The van der Waals surface area contributed by atoms with Gasteiger partial charge in [-0.15, -0.1) is 0 Å². The van der Waals surface area contributed by atoms with Crippen LogP contribution in [0.15, 0.2) is 30.7 Å². The minimum atomic E-state index is 0.0625. The van der Waals surface area contributed by atoms with Crippen molar-refractivity contribution in [3.8, 4) is 11.5 Å². The van der Waals surface area contributed by atoms with Gasteiger partial charge in [0, 0.05) is 0 Å². The van der Waals surface area contributed by atoms with Crippen molar-refractivity contribution in [1.29, 1.82) is 0 Å². The normalized spacial score (nSPS) is 14.3. The Hall–Kier alpha value is -2.83. The molecule has 3 aromatic rings. The van der Waals surface area contributed by atoms with E-state index in [0.717, 1.165) is 28.3 Å². The van der Waals surface area contributed by atoms with E-state index < -0.39 is 0 Å². The number of fused-ring (bicyclic) bond motifs is 2. The topological polar surface area (TPSA) is 85.0 Å². The Labute approximate surface area is 120 Å². The highest BCUT2D eigenvalue weighted by atomic mass is 16.7. The van der Waals surface area contributed by atoms with Gasteiger partial charge < -0.3 is 14.8 Å². The molecule has 7 heteroatoms. The molecule has 3 heterocycles. The van der Waals surface area contributed by atoms with Crippen molar-refractivity contribution in [3.05, 3.63) is 36.3 Å². The van der Waals surface area contributed by atoms with Crippen molar-refractivity contribution in [2.45, 2.75) is 13.0 Å². The molecule has 1 atom stereocenters. The van der Waals surface area contributed by atoms with Gasteiger partial charge in [0.05, 0.1) is 17.6 Å². The Morgan fingerprint density at radius 3 is 3.10 bits per heavy atom. The number of H-pyrrole nitrogens is 1. The predicted octanol–water partition coefficient (Wildman–Crippen LogP) is 2.25. The summed E-state index contributed by atoms with van der Waals surface area (Å²) in [5.41, 5.74) is 1.81. The Kier molecular flexibility index (Phi) is 2.63. The summed E-state index contributed by atoms with van der Waals surface area (Å²) < 4.78 is 10.7. The van der Waals surface area contributed by atoms with Crippen molar-refractivity contribution in [3.63, 3.8) is 0 Å². The van der Waals surface area contributed by atoms with Crippen molar-refractivity contribution in [2.75, 3.05) is 12.1 Å². The van der Waals surface area contributed by atoms with Gasteiger partial charge in [-0.25, -0.2) is 9.97 Å². The molecule has 0 amide bonds. The summed E-state index contributed by atoms with van der Waals surface area (Å²) in [6.07, 6.45) is 3.22. The molecule has 2 N–H and O–H groups in total. The Bertz CT molecular complexity index is 801. The number of rotatable bonds is 3. The number of aromatic nitrogens is 4. The van der Waals surface area contributed by atoms with Gasteiger partial charge in [0.2, 0.25) is 6.79 Å². The number of benzene rings is 1. The van der Waals surface area contributed by atoms with Crippen LogP contribution >= 0.6 is 0 Å². The number of nitrogens with one attached hydrogen (secondary N) is 2. The molecule has 7 nitrogen and oxygen atoms in total. The minimum Gasteiger partial charge on any atom is -0.454 e. The van der Waals surface area contributed by atoms with Crippen LogP contribution < -0.4 is 14.8 Å². The van der Waals surface area contributed by atoms with E-state index in [2.05, 4.69) is 32.4 Å². The summed E-state index contributed by atoms with van der Waals surface area (Å²) in [5, 5.41) is 11.1. The van der Waals surface area contributed by atoms with Gasteiger partial charge in [-0.3, -0.25) is 5.10 Å². The van der Waals surface area contributed by atoms with E-state index in [1.165, 1.54) is 6.33 Å². The lowest BCUT2D eigenvalue weighted by atomic mass is 10.1. The summed E-state index contributed by atoms with van der Waals surface area (Å²) in [6, 6.07) is 5.98. The maximum absolute atomic E-state index is 5.41. The third-order valence-corrected chi connectivity index (χ3v) is 3.50. The summed E-state index contributed by atoms with van der Waals surface area (Å²) >= 11 is 0. The number of hydrogen-bond donors (Lipinski definition) is 2. The van der Waals surface area contributed by atoms with Crippen molar-refractivity contribution < 1.29 is 9.47 Å². The fraction of sp³-hybridized carbons (Fsp3) is 0.214. The molecule has 0 aliphatic carbocycles. The second-order valence-electron chi connectivity index (χ2n) is 4.83. The third-order valence-electron chi connectivity index (χ3n) is 3.50. The zero-order valence-corrected chi connectivity index (χ0v) is 11.3. The molecule has 0 fully saturated rings. The lowest BCUT2D eigenvalue weighted by Crippen LogP contribution is -2.08. The quantitative estimate of drug-likeness (QED) is 0.767. The Balaban J connectivity index is 1.63. The van der Waals surface area contributed by atoms with Crippen molar-refractivity contribution in [1.82, 2.24) is 20.2 Å². The number of anilines is 1. The second-order valence-corrected chi connectivity index (χ2v) is 4.83. The molecule has 106 valence electrons. The van der Waals surface area contributed by atoms with Crippen LogP contribution in [0.3, 0.4) is 0 Å². The predicted molar refractivity (Wildman–Crippen MR) is 76.3 cm³/mol. The molecule has 4 rings (SSSR count). The molecule has 0 spiro atoms. The zero-order chi connectivity index (χ0) is 14.2. The van der Waals surface area contributed by atoms with Crippen LogP contribution in [-0.4, -0.2) is 27.0 Å². The summed E-state index contributed by atoms with van der Waals surface area (Å²) in [4.78, 5) is 8.40. The Morgan fingerprint density at radius 2 is 2.14 bits per heavy atom. The van der Waals surface area contributed by atoms with Gasteiger partial charge in [0.1, 0.15) is 12.1 Å². The molecule has 21 heavy (non-hydrogen) atoms. The molecule has 0 saturated carbocycles.